The van der Waals surface area contributed by atoms with Gasteiger partial charge in [-0.05, 0) is 50.6 Å². The number of para-hydroxylation sites is 2. The fourth-order valence-electron chi connectivity index (χ4n) is 2.72. The van der Waals surface area contributed by atoms with Crippen LogP contribution in [-0.4, -0.2) is 28.8 Å². The van der Waals surface area contributed by atoms with Crippen LogP contribution in [0.25, 0.3) is 11.3 Å². The molecule has 2 aromatic carbocycles. The second-order valence-electron chi connectivity index (χ2n) is 7.05. The van der Waals surface area contributed by atoms with E-state index in [2.05, 4.69) is 15.5 Å². The van der Waals surface area contributed by atoms with Crippen molar-refractivity contribution in [1.29, 1.82) is 0 Å². The fraction of sp³-hybridized carbons (Fsp3) is 0.227. The molecule has 0 spiro atoms. The van der Waals surface area contributed by atoms with Gasteiger partial charge in [0.25, 0.3) is 11.5 Å². The largest absolute Gasteiger partial charge is 0.493 e. The van der Waals surface area contributed by atoms with Crippen molar-refractivity contribution in [1.82, 2.24) is 10.2 Å². The molecule has 0 unspecified atom stereocenters. The number of methoxy groups -OCH3 is 1. The van der Waals surface area contributed by atoms with Crippen LogP contribution in [0.5, 0.6) is 11.5 Å². The maximum atomic E-state index is 12.9. The van der Waals surface area contributed by atoms with Crippen molar-refractivity contribution in [3.63, 3.8) is 0 Å². The van der Waals surface area contributed by atoms with Crippen LogP contribution in [0.4, 0.5) is 5.69 Å². The Bertz CT molecular complexity index is 1070. The van der Waals surface area contributed by atoms with Gasteiger partial charge in [0.15, 0.2) is 17.1 Å². The van der Waals surface area contributed by atoms with E-state index in [0.717, 1.165) is 11.1 Å². The first kappa shape index (κ1) is 20.1. The number of hydrogen-bond acceptors (Lipinski definition) is 5. The Morgan fingerprint density at radius 2 is 1.79 bits per heavy atom. The Kier molecular flexibility index (Phi) is 5.68. The zero-order valence-corrected chi connectivity index (χ0v) is 16.8. The third-order valence-corrected chi connectivity index (χ3v) is 4.44. The maximum absolute atomic E-state index is 12.9. The Labute approximate surface area is 168 Å². The molecule has 7 nitrogen and oxygen atoms in total. The molecule has 0 bridgehead atoms. The average molecular weight is 393 g/mol. The van der Waals surface area contributed by atoms with Crippen molar-refractivity contribution >= 4 is 11.6 Å². The number of rotatable bonds is 6. The van der Waals surface area contributed by atoms with E-state index in [9.17, 15) is 9.59 Å². The highest BCUT2D eigenvalue weighted by Gasteiger charge is 2.31. The minimum atomic E-state index is -1.15. The number of aromatic nitrogens is 2. The molecule has 1 aromatic heterocycles. The summed E-state index contributed by atoms with van der Waals surface area (Å²) in [6.07, 6.45) is 0. The standard InChI is InChI=1S/C22H23N3O4/c1-14-9-10-15(16-11-12-20(26)25-24-16)13-17(14)23-21(27)22(2,3)29-19-8-6-5-7-18(19)28-4/h5-13H,1-4H3,(H,23,27)(H,25,26). The lowest BCUT2D eigenvalue weighted by Crippen LogP contribution is -2.42. The lowest BCUT2D eigenvalue weighted by Gasteiger charge is -2.26. The molecule has 0 atom stereocenters. The zero-order valence-electron chi connectivity index (χ0n) is 16.8. The van der Waals surface area contributed by atoms with Crippen LogP contribution >= 0.6 is 0 Å². The molecule has 2 N–H and O–H groups in total. The van der Waals surface area contributed by atoms with Gasteiger partial charge in [-0.1, -0.05) is 24.3 Å². The maximum Gasteiger partial charge on any atom is 0.267 e. The normalized spacial score (nSPS) is 11.0. The number of carbonyl (C=O) groups excluding carboxylic acids is 1. The average Bonchev–Trinajstić information content (AvgIpc) is 2.70. The molecule has 150 valence electrons. The number of nitrogens with one attached hydrogen (secondary N) is 2. The summed E-state index contributed by atoms with van der Waals surface area (Å²) >= 11 is 0. The lowest BCUT2D eigenvalue weighted by molar-refractivity contribution is -0.128. The van der Waals surface area contributed by atoms with Gasteiger partial charge in [0.05, 0.1) is 12.8 Å². The van der Waals surface area contributed by atoms with Crippen molar-refractivity contribution in [2.45, 2.75) is 26.4 Å². The van der Waals surface area contributed by atoms with Gasteiger partial charge in [0.1, 0.15) is 0 Å². The van der Waals surface area contributed by atoms with Crippen molar-refractivity contribution < 1.29 is 14.3 Å². The minimum Gasteiger partial charge on any atom is -0.493 e. The van der Waals surface area contributed by atoms with E-state index < -0.39 is 5.60 Å². The summed E-state index contributed by atoms with van der Waals surface area (Å²) in [7, 11) is 1.55. The molecule has 0 saturated heterocycles. The van der Waals surface area contributed by atoms with Crippen molar-refractivity contribution in [3.8, 4) is 22.8 Å². The highest BCUT2D eigenvalue weighted by Crippen LogP contribution is 2.30. The molecule has 7 heteroatoms. The number of aryl methyl sites for hydroxylation is 1. The van der Waals surface area contributed by atoms with Gasteiger partial charge < -0.3 is 14.8 Å². The molecule has 3 aromatic rings. The van der Waals surface area contributed by atoms with E-state index in [4.69, 9.17) is 9.47 Å². The lowest BCUT2D eigenvalue weighted by atomic mass is 10.0. The Morgan fingerprint density at radius 3 is 2.45 bits per heavy atom. The quantitative estimate of drug-likeness (QED) is 0.668. The zero-order chi connectivity index (χ0) is 21.0. The molecule has 0 aliphatic heterocycles. The number of amides is 1. The van der Waals surface area contributed by atoms with Crippen LogP contribution in [0.3, 0.4) is 0 Å². The van der Waals surface area contributed by atoms with Crippen molar-refractivity contribution in [2.75, 3.05) is 12.4 Å². The predicted molar refractivity (Wildman–Crippen MR) is 111 cm³/mol. The van der Waals surface area contributed by atoms with Crippen LogP contribution in [0.1, 0.15) is 19.4 Å². The summed E-state index contributed by atoms with van der Waals surface area (Å²) in [4.78, 5) is 24.2. The van der Waals surface area contributed by atoms with Gasteiger partial charge in [0, 0.05) is 17.3 Å². The molecule has 0 radical (unpaired) electrons. The molecule has 0 fully saturated rings. The van der Waals surface area contributed by atoms with E-state index in [0.29, 0.717) is 22.9 Å². The third-order valence-electron chi connectivity index (χ3n) is 4.44. The van der Waals surface area contributed by atoms with Crippen LogP contribution < -0.4 is 20.3 Å². The number of anilines is 1. The van der Waals surface area contributed by atoms with Crippen molar-refractivity contribution in [3.05, 3.63) is 70.5 Å². The minimum absolute atomic E-state index is 0.273. The van der Waals surface area contributed by atoms with Gasteiger partial charge in [-0.2, -0.15) is 5.10 Å². The molecular formula is C22H23N3O4. The van der Waals surface area contributed by atoms with Gasteiger partial charge in [0.2, 0.25) is 0 Å². The number of aromatic amines is 1. The number of benzene rings is 2. The molecule has 1 heterocycles. The SMILES string of the molecule is COc1ccccc1OC(C)(C)C(=O)Nc1cc(-c2ccc(=O)[nH]n2)ccc1C. The summed E-state index contributed by atoms with van der Waals surface area (Å²) in [6, 6.07) is 15.8. The first-order valence-corrected chi connectivity index (χ1v) is 9.10. The molecule has 0 saturated carbocycles. The molecule has 3 rings (SSSR count). The molecule has 1 amide bonds. The molecule has 0 aliphatic carbocycles. The van der Waals surface area contributed by atoms with Crippen LogP contribution in [0, 0.1) is 6.92 Å². The number of H-pyrrole nitrogens is 1. The van der Waals surface area contributed by atoms with Crippen LogP contribution in [0.2, 0.25) is 0 Å². The Hall–Kier alpha value is -3.61. The van der Waals surface area contributed by atoms with E-state index in [-0.39, 0.29) is 11.5 Å². The molecule has 0 aliphatic rings. The Balaban J connectivity index is 1.83. The predicted octanol–water partition coefficient (Wildman–Crippen LogP) is 3.55. The highest BCUT2D eigenvalue weighted by molar-refractivity contribution is 5.98. The van der Waals surface area contributed by atoms with Gasteiger partial charge >= 0.3 is 0 Å². The van der Waals surface area contributed by atoms with Gasteiger partial charge in [-0.15, -0.1) is 0 Å². The number of hydrogen-bond donors (Lipinski definition) is 2. The van der Waals surface area contributed by atoms with Crippen LogP contribution in [-0.2, 0) is 4.79 Å². The first-order valence-electron chi connectivity index (χ1n) is 9.10. The molecule has 29 heavy (non-hydrogen) atoms. The third kappa shape index (κ3) is 4.63. The summed E-state index contributed by atoms with van der Waals surface area (Å²) in [6.45, 7) is 5.28. The second kappa shape index (κ2) is 8.18. The van der Waals surface area contributed by atoms with E-state index in [1.807, 2.05) is 37.3 Å². The molecular weight excluding hydrogens is 370 g/mol. The van der Waals surface area contributed by atoms with E-state index in [1.54, 1.807) is 39.2 Å². The summed E-state index contributed by atoms with van der Waals surface area (Å²) in [5.41, 5.74) is 1.48. The van der Waals surface area contributed by atoms with E-state index >= 15 is 0 Å². The Morgan fingerprint density at radius 1 is 1.07 bits per heavy atom. The number of ether oxygens (including phenoxy) is 2. The van der Waals surface area contributed by atoms with Gasteiger partial charge in [-0.25, -0.2) is 5.10 Å². The highest BCUT2D eigenvalue weighted by atomic mass is 16.5. The summed E-state index contributed by atoms with van der Waals surface area (Å²) in [5, 5.41) is 9.37. The summed E-state index contributed by atoms with van der Waals surface area (Å²) < 4.78 is 11.2. The number of nitrogens with zero attached hydrogens (tertiary/aromatic N) is 1. The fourth-order valence-corrected chi connectivity index (χ4v) is 2.72. The smallest absolute Gasteiger partial charge is 0.267 e. The summed E-state index contributed by atoms with van der Waals surface area (Å²) in [5.74, 6) is 0.729. The van der Waals surface area contributed by atoms with E-state index in [1.165, 1.54) is 6.07 Å². The second-order valence-corrected chi connectivity index (χ2v) is 7.05. The monoisotopic (exact) mass is 393 g/mol. The number of carbonyl (C=O) groups is 1. The van der Waals surface area contributed by atoms with Gasteiger partial charge in [-0.3, -0.25) is 9.59 Å². The van der Waals surface area contributed by atoms with Crippen molar-refractivity contribution in [2.24, 2.45) is 0 Å². The first-order chi connectivity index (χ1) is 13.8. The van der Waals surface area contributed by atoms with Crippen LogP contribution in [0.15, 0.2) is 59.4 Å². The topological polar surface area (TPSA) is 93.3 Å².